The Hall–Kier alpha value is -7.18. The van der Waals surface area contributed by atoms with Crippen LogP contribution in [0.15, 0.2) is 158 Å². The maximum absolute atomic E-state index is 14.0. The first-order valence-electron chi connectivity index (χ1n) is 20.4. The lowest BCUT2D eigenvalue weighted by atomic mass is 9.91. The molecule has 0 saturated carbocycles. The second-order valence-corrected chi connectivity index (χ2v) is 16.0. The Bertz CT molecular complexity index is 2650. The summed E-state index contributed by atoms with van der Waals surface area (Å²) in [6, 6.07) is 52.4. The molecule has 7 rings (SSSR count). The second kappa shape index (κ2) is 18.0. The molecule has 0 aliphatic heterocycles. The van der Waals surface area contributed by atoms with Crippen LogP contribution in [0.5, 0.6) is 23.0 Å². The zero-order chi connectivity index (χ0) is 43.3. The molecular formula is C55H51NO5. The molecule has 0 aliphatic carbocycles. The van der Waals surface area contributed by atoms with Gasteiger partial charge in [0.2, 0.25) is 5.78 Å². The van der Waals surface area contributed by atoms with Gasteiger partial charge in [0.15, 0.2) is 11.4 Å². The minimum atomic E-state index is -1.16. The van der Waals surface area contributed by atoms with E-state index in [0.29, 0.717) is 28.4 Å². The fourth-order valence-electron chi connectivity index (χ4n) is 7.33. The van der Waals surface area contributed by atoms with Crippen LogP contribution in [0.4, 0.5) is 17.1 Å². The van der Waals surface area contributed by atoms with Gasteiger partial charge < -0.3 is 19.1 Å². The number of ketones is 2. The summed E-state index contributed by atoms with van der Waals surface area (Å²) in [6.07, 6.45) is 2.18. The Morgan fingerprint density at radius 3 is 1.49 bits per heavy atom. The number of rotatable bonds is 14. The molecule has 0 saturated heterocycles. The fourth-order valence-corrected chi connectivity index (χ4v) is 7.33. The summed E-state index contributed by atoms with van der Waals surface area (Å²) in [4.78, 5) is 28.2. The zero-order valence-electron chi connectivity index (χ0n) is 36.1. The zero-order valence-corrected chi connectivity index (χ0v) is 36.1. The predicted molar refractivity (Wildman–Crippen MR) is 248 cm³/mol. The molecule has 0 fully saturated rings. The summed E-state index contributed by atoms with van der Waals surface area (Å²) < 4.78 is 18.0. The second-order valence-electron chi connectivity index (χ2n) is 16.0. The summed E-state index contributed by atoms with van der Waals surface area (Å²) in [7, 11) is 1.66. The Morgan fingerprint density at radius 1 is 0.541 bits per heavy atom. The topological polar surface area (TPSA) is 65.1 Å². The lowest BCUT2D eigenvalue weighted by Gasteiger charge is -2.26. The highest BCUT2D eigenvalue weighted by Crippen LogP contribution is 2.37. The van der Waals surface area contributed by atoms with Crippen molar-refractivity contribution in [2.24, 2.45) is 0 Å². The third-order valence-electron chi connectivity index (χ3n) is 10.8. The maximum atomic E-state index is 14.0. The smallest absolute Gasteiger partial charge is 0.205 e. The number of Topliss-reactive ketones (excluding diaryl/α,β-unsaturated/α-hetero) is 2. The van der Waals surface area contributed by atoms with Crippen LogP contribution in [-0.4, -0.2) is 24.3 Å². The summed E-state index contributed by atoms with van der Waals surface area (Å²) in [5.41, 5.74) is 11.4. The molecule has 61 heavy (non-hydrogen) atoms. The van der Waals surface area contributed by atoms with Crippen molar-refractivity contribution in [1.82, 2.24) is 0 Å². The van der Waals surface area contributed by atoms with Crippen LogP contribution in [0.1, 0.15) is 80.4 Å². The predicted octanol–water partition coefficient (Wildman–Crippen LogP) is 14.0. The minimum absolute atomic E-state index is 0.0165. The van der Waals surface area contributed by atoms with Crippen molar-refractivity contribution in [2.45, 2.75) is 54.1 Å². The molecule has 0 N–H and O–H groups in total. The Morgan fingerprint density at radius 2 is 1.00 bits per heavy atom. The molecule has 0 bridgehead atoms. The molecule has 0 atom stereocenters. The van der Waals surface area contributed by atoms with Gasteiger partial charge in [0.05, 0.1) is 7.11 Å². The van der Waals surface area contributed by atoms with Crippen LogP contribution in [0.2, 0.25) is 0 Å². The number of anilines is 3. The van der Waals surface area contributed by atoms with Gasteiger partial charge in [0, 0.05) is 28.2 Å². The molecule has 0 aliphatic rings. The molecule has 0 amide bonds. The van der Waals surface area contributed by atoms with Crippen LogP contribution in [-0.2, 0) is 0 Å². The molecule has 0 unspecified atom stereocenters. The summed E-state index contributed by atoms with van der Waals surface area (Å²) in [5, 5.41) is 0. The molecule has 6 nitrogen and oxygen atoms in total. The summed E-state index contributed by atoms with van der Waals surface area (Å²) in [5.74, 6) is 2.50. The number of carbonyl (C=O) groups excluding carboxylic acids is 2. The Balaban J connectivity index is 1.12. The number of benzene rings is 7. The van der Waals surface area contributed by atoms with E-state index in [1.807, 2.05) is 74.5 Å². The monoisotopic (exact) mass is 805 g/mol. The van der Waals surface area contributed by atoms with Crippen LogP contribution in [0.25, 0.3) is 11.6 Å². The average Bonchev–Trinajstić information content (AvgIpc) is 3.25. The van der Waals surface area contributed by atoms with Gasteiger partial charge >= 0.3 is 0 Å². The number of carbonyl (C=O) groups is 2. The number of hydrogen-bond acceptors (Lipinski definition) is 6. The van der Waals surface area contributed by atoms with Crippen LogP contribution in [0.3, 0.4) is 0 Å². The quantitative estimate of drug-likeness (QED) is 0.0806. The molecule has 0 radical (unpaired) electrons. The van der Waals surface area contributed by atoms with Gasteiger partial charge in [-0.1, -0.05) is 83.9 Å². The lowest BCUT2D eigenvalue weighted by Crippen LogP contribution is -2.38. The van der Waals surface area contributed by atoms with E-state index < -0.39 is 5.60 Å². The average molecular weight is 806 g/mol. The lowest BCUT2D eigenvalue weighted by molar-refractivity contribution is 0.0582. The van der Waals surface area contributed by atoms with E-state index in [1.165, 1.54) is 11.1 Å². The van der Waals surface area contributed by atoms with Gasteiger partial charge in [-0.3, -0.25) is 9.59 Å². The first-order chi connectivity index (χ1) is 29.3. The molecule has 7 aromatic rings. The first-order valence-corrected chi connectivity index (χ1v) is 20.4. The van der Waals surface area contributed by atoms with Gasteiger partial charge in [0.25, 0.3) is 0 Å². The standard InChI is InChI=1S/C55H51NO5/c1-36-9-21-45(22-10-36)56(46-23-11-37(2)12-24-46)47-25-13-41(14-26-47)35-52(43-19-27-48(59-8)28-20-43)42-15-17-44(18-16-42)54(58)55(6,7)61-53-32-30-50(34-39(53)4)60-49-29-31-51(40(5)57)38(3)33-49/h9-35H,1-8H3. The van der Waals surface area contributed by atoms with E-state index in [4.69, 9.17) is 14.2 Å². The van der Waals surface area contributed by atoms with Crippen molar-refractivity contribution in [2.75, 3.05) is 12.0 Å². The summed E-state index contributed by atoms with van der Waals surface area (Å²) >= 11 is 0. The van der Waals surface area contributed by atoms with Crippen LogP contribution < -0.4 is 19.1 Å². The minimum Gasteiger partial charge on any atom is -0.497 e. The van der Waals surface area contributed by atoms with E-state index >= 15 is 0 Å². The number of methoxy groups -OCH3 is 1. The van der Waals surface area contributed by atoms with E-state index in [9.17, 15) is 9.59 Å². The Kier molecular flexibility index (Phi) is 12.4. The van der Waals surface area contributed by atoms with Gasteiger partial charge in [-0.15, -0.1) is 0 Å². The highest BCUT2D eigenvalue weighted by atomic mass is 16.5. The van der Waals surface area contributed by atoms with Crippen molar-refractivity contribution >= 4 is 40.3 Å². The largest absolute Gasteiger partial charge is 0.497 e. The first kappa shape index (κ1) is 42.0. The van der Waals surface area contributed by atoms with E-state index in [1.54, 1.807) is 40.0 Å². The maximum Gasteiger partial charge on any atom is 0.205 e. The highest BCUT2D eigenvalue weighted by molar-refractivity contribution is 6.03. The van der Waals surface area contributed by atoms with Crippen LogP contribution >= 0.6 is 0 Å². The van der Waals surface area contributed by atoms with Gasteiger partial charge in [-0.25, -0.2) is 0 Å². The van der Waals surface area contributed by atoms with Crippen molar-refractivity contribution < 1.29 is 23.8 Å². The number of nitrogens with zero attached hydrogens (tertiary/aromatic N) is 1. The van der Waals surface area contributed by atoms with Crippen molar-refractivity contribution in [3.8, 4) is 23.0 Å². The van der Waals surface area contributed by atoms with Gasteiger partial charge in [0.1, 0.15) is 23.0 Å². The van der Waals surface area contributed by atoms with Crippen LogP contribution in [0, 0.1) is 27.7 Å². The normalized spacial score (nSPS) is 11.5. The molecule has 0 aromatic heterocycles. The fraction of sp³-hybridized carbons (Fsp3) is 0.164. The summed E-state index contributed by atoms with van der Waals surface area (Å²) in [6.45, 7) is 13.1. The third-order valence-corrected chi connectivity index (χ3v) is 10.8. The van der Waals surface area contributed by atoms with E-state index in [0.717, 1.165) is 56.2 Å². The number of hydrogen-bond donors (Lipinski definition) is 0. The highest BCUT2D eigenvalue weighted by Gasteiger charge is 2.31. The van der Waals surface area contributed by atoms with Crippen molar-refractivity contribution in [3.63, 3.8) is 0 Å². The molecular weight excluding hydrogens is 755 g/mol. The molecule has 0 heterocycles. The Labute approximate surface area is 359 Å². The molecule has 0 spiro atoms. The molecule has 6 heteroatoms. The van der Waals surface area contributed by atoms with Crippen molar-refractivity contribution in [1.29, 1.82) is 0 Å². The van der Waals surface area contributed by atoms with E-state index in [2.05, 4.69) is 110 Å². The van der Waals surface area contributed by atoms with Gasteiger partial charge in [-0.2, -0.15) is 0 Å². The van der Waals surface area contributed by atoms with Gasteiger partial charge in [-0.05, 0) is 173 Å². The molecule has 7 aromatic carbocycles. The third kappa shape index (κ3) is 9.83. The SMILES string of the molecule is COc1ccc(C(=Cc2ccc(N(c3ccc(C)cc3)c3ccc(C)cc3)cc2)c2ccc(C(=O)C(C)(C)Oc3ccc(Oc4ccc(C(C)=O)c(C)c4)cc3C)cc2)cc1. The number of ether oxygens (including phenoxy) is 3. The van der Waals surface area contributed by atoms with Crippen molar-refractivity contribution in [3.05, 3.63) is 208 Å². The number of aryl methyl sites for hydroxylation is 4. The molecule has 306 valence electrons. The van der Waals surface area contributed by atoms with E-state index in [-0.39, 0.29) is 11.6 Å².